The number of nitrogens with zero attached hydrogens (tertiary/aromatic N) is 1. The number of hydrogen-bond donors (Lipinski definition) is 1. The van der Waals surface area contributed by atoms with E-state index in [1.165, 1.54) is 23.5 Å². The van der Waals surface area contributed by atoms with Crippen LogP contribution in [-0.4, -0.2) is 59.2 Å². The van der Waals surface area contributed by atoms with E-state index in [1.807, 2.05) is 0 Å². The van der Waals surface area contributed by atoms with Crippen molar-refractivity contribution in [3.8, 4) is 11.5 Å². The maximum atomic E-state index is 13.0. The molecular weight excluding hydrogens is 396 g/mol. The van der Waals surface area contributed by atoms with Gasteiger partial charge in [0, 0.05) is 18.8 Å². The number of ether oxygens (including phenoxy) is 3. The van der Waals surface area contributed by atoms with Crippen molar-refractivity contribution in [2.45, 2.75) is 11.3 Å². The molecule has 0 bridgehead atoms. The molecule has 3 rings (SSSR count). The number of hydrogen-bond acceptors (Lipinski definition) is 6. The second-order valence-corrected chi connectivity index (χ2v) is 8.36. The lowest BCUT2D eigenvalue weighted by Gasteiger charge is -2.26. The molecule has 8 nitrogen and oxygen atoms in total. The average molecular weight is 420 g/mol. The van der Waals surface area contributed by atoms with Crippen molar-refractivity contribution in [3.05, 3.63) is 48.0 Å². The van der Waals surface area contributed by atoms with Crippen LogP contribution < -0.4 is 14.8 Å². The summed E-state index contributed by atoms with van der Waals surface area (Å²) in [7, 11) is -0.777. The molecule has 0 aromatic heterocycles. The zero-order valence-electron chi connectivity index (χ0n) is 16.4. The number of benzene rings is 2. The Morgan fingerprint density at radius 1 is 1.07 bits per heavy atom. The number of carbonyl (C=O) groups is 1. The first kappa shape index (κ1) is 21.1. The molecule has 0 saturated carbocycles. The summed E-state index contributed by atoms with van der Waals surface area (Å²) >= 11 is 0. The lowest BCUT2D eigenvalue weighted by atomic mass is 10.1. The molecule has 0 spiro atoms. The maximum Gasteiger partial charge on any atom is 0.246 e. The predicted octanol–water partition coefficient (Wildman–Crippen LogP) is 1.91. The number of amides is 1. The molecule has 156 valence electrons. The third-order valence-corrected chi connectivity index (χ3v) is 6.48. The number of methoxy groups -OCH3 is 2. The van der Waals surface area contributed by atoms with E-state index in [0.29, 0.717) is 24.7 Å². The van der Waals surface area contributed by atoms with Crippen LogP contribution in [0.25, 0.3) is 0 Å². The van der Waals surface area contributed by atoms with E-state index in [0.717, 1.165) is 5.56 Å². The van der Waals surface area contributed by atoms with E-state index in [-0.39, 0.29) is 36.1 Å². The standard InChI is InChI=1S/C20H24N2O6S/c1-26-17-6-3-15(4-7-17)13-20(23)21-16-5-8-18(27-2)19(14-16)29(24,25)22-9-11-28-12-10-22/h3-8,14H,9-13H2,1-2H3,(H,21,23). The fourth-order valence-electron chi connectivity index (χ4n) is 3.02. The number of carbonyl (C=O) groups excluding carboxylic acids is 1. The van der Waals surface area contributed by atoms with Gasteiger partial charge in [0.2, 0.25) is 15.9 Å². The number of sulfonamides is 1. The highest BCUT2D eigenvalue weighted by Gasteiger charge is 2.29. The third kappa shape index (κ3) is 5.06. The Bertz CT molecular complexity index is 953. The van der Waals surface area contributed by atoms with Gasteiger partial charge in [0.25, 0.3) is 0 Å². The molecule has 0 unspecified atom stereocenters. The zero-order chi connectivity index (χ0) is 20.9. The van der Waals surface area contributed by atoms with E-state index < -0.39 is 10.0 Å². The average Bonchev–Trinajstić information content (AvgIpc) is 2.74. The van der Waals surface area contributed by atoms with E-state index in [2.05, 4.69) is 5.32 Å². The van der Waals surface area contributed by atoms with Crippen LogP contribution in [0.5, 0.6) is 11.5 Å². The van der Waals surface area contributed by atoms with Gasteiger partial charge in [-0.25, -0.2) is 8.42 Å². The van der Waals surface area contributed by atoms with Gasteiger partial charge in [-0.05, 0) is 35.9 Å². The minimum Gasteiger partial charge on any atom is -0.497 e. The first-order valence-electron chi connectivity index (χ1n) is 9.13. The SMILES string of the molecule is COc1ccc(CC(=O)Nc2ccc(OC)c(S(=O)(=O)N3CCOCC3)c2)cc1. The molecule has 29 heavy (non-hydrogen) atoms. The van der Waals surface area contributed by atoms with Crippen molar-refractivity contribution < 1.29 is 27.4 Å². The number of anilines is 1. The lowest BCUT2D eigenvalue weighted by molar-refractivity contribution is -0.115. The summed E-state index contributed by atoms with van der Waals surface area (Å²) in [6.45, 7) is 1.25. The van der Waals surface area contributed by atoms with Gasteiger partial charge < -0.3 is 19.5 Å². The van der Waals surface area contributed by atoms with E-state index in [9.17, 15) is 13.2 Å². The van der Waals surface area contributed by atoms with Crippen molar-refractivity contribution in [3.63, 3.8) is 0 Å². The Hall–Kier alpha value is -2.62. The number of morpholine rings is 1. The van der Waals surface area contributed by atoms with Crippen LogP contribution in [-0.2, 0) is 26.0 Å². The van der Waals surface area contributed by atoms with Crippen LogP contribution in [0.4, 0.5) is 5.69 Å². The second-order valence-electron chi connectivity index (χ2n) is 6.46. The summed E-state index contributed by atoms with van der Waals surface area (Å²) in [6, 6.07) is 11.8. The molecular formula is C20H24N2O6S. The molecule has 1 fully saturated rings. The largest absolute Gasteiger partial charge is 0.497 e. The highest BCUT2D eigenvalue weighted by Crippen LogP contribution is 2.30. The molecule has 1 aliphatic heterocycles. The minimum atomic E-state index is -3.77. The molecule has 1 amide bonds. The molecule has 0 aliphatic carbocycles. The summed E-state index contributed by atoms with van der Waals surface area (Å²) in [5.74, 6) is 0.682. The molecule has 1 aliphatic rings. The molecule has 2 aromatic rings. The van der Waals surface area contributed by atoms with Gasteiger partial charge in [-0.15, -0.1) is 0 Å². The zero-order valence-corrected chi connectivity index (χ0v) is 17.2. The smallest absolute Gasteiger partial charge is 0.246 e. The number of rotatable bonds is 7. The fraction of sp³-hybridized carbons (Fsp3) is 0.350. The Labute approximate surface area is 170 Å². The summed E-state index contributed by atoms with van der Waals surface area (Å²) in [5.41, 5.74) is 1.20. The number of nitrogens with one attached hydrogen (secondary N) is 1. The highest BCUT2D eigenvalue weighted by molar-refractivity contribution is 7.89. The molecule has 0 radical (unpaired) electrons. The Balaban J connectivity index is 1.77. The predicted molar refractivity (Wildman–Crippen MR) is 108 cm³/mol. The van der Waals surface area contributed by atoms with Crippen LogP contribution in [0.2, 0.25) is 0 Å². The van der Waals surface area contributed by atoms with Gasteiger partial charge in [0.1, 0.15) is 16.4 Å². The molecule has 1 N–H and O–H groups in total. The normalized spacial score (nSPS) is 15.0. The summed E-state index contributed by atoms with van der Waals surface area (Å²) in [4.78, 5) is 12.4. The summed E-state index contributed by atoms with van der Waals surface area (Å²) < 4.78 is 43.0. The van der Waals surface area contributed by atoms with Gasteiger partial charge in [-0.2, -0.15) is 4.31 Å². The summed E-state index contributed by atoms with van der Waals surface area (Å²) in [5, 5.41) is 2.75. The van der Waals surface area contributed by atoms with Crippen LogP contribution in [0, 0.1) is 0 Å². The van der Waals surface area contributed by atoms with E-state index >= 15 is 0 Å². The molecule has 1 saturated heterocycles. The monoisotopic (exact) mass is 420 g/mol. The highest BCUT2D eigenvalue weighted by atomic mass is 32.2. The van der Waals surface area contributed by atoms with Crippen molar-refractivity contribution in [2.75, 3.05) is 45.8 Å². The molecule has 2 aromatic carbocycles. The topological polar surface area (TPSA) is 94.2 Å². The second kappa shape index (κ2) is 9.25. The van der Waals surface area contributed by atoms with E-state index in [4.69, 9.17) is 14.2 Å². The van der Waals surface area contributed by atoms with Crippen molar-refractivity contribution in [1.29, 1.82) is 0 Å². The van der Waals surface area contributed by atoms with Gasteiger partial charge >= 0.3 is 0 Å². The maximum absolute atomic E-state index is 13.0. The van der Waals surface area contributed by atoms with Crippen LogP contribution in [0.15, 0.2) is 47.4 Å². The first-order valence-corrected chi connectivity index (χ1v) is 10.6. The van der Waals surface area contributed by atoms with Crippen molar-refractivity contribution in [1.82, 2.24) is 4.31 Å². The van der Waals surface area contributed by atoms with Crippen molar-refractivity contribution in [2.24, 2.45) is 0 Å². The van der Waals surface area contributed by atoms with Gasteiger partial charge in [-0.1, -0.05) is 12.1 Å². The van der Waals surface area contributed by atoms with Gasteiger partial charge in [0.15, 0.2) is 0 Å². The fourth-order valence-corrected chi connectivity index (χ4v) is 4.61. The minimum absolute atomic E-state index is 0.0177. The quantitative estimate of drug-likeness (QED) is 0.735. The lowest BCUT2D eigenvalue weighted by Crippen LogP contribution is -2.40. The van der Waals surface area contributed by atoms with Crippen LogP contribution in [0.1, 0.15) is 5.56 Å². The Morgan fingerprint density at radius 2 is 1.76 bits per heavy atom. The van der Waals surface area contributed by atoms with Crippen LogP contribution >= 0.6 is 0 Å². The third-order valence-electron chi connectivity index (χ3n) is 4.56. The summed E-state index contributed by atoms with van der Waals surface area (Å²) in [6.07, 6.45) is 0.154. The molecule has 9 heteroatoms. The van der Waals surface area contributed by atoms with E-state index in [1.54, 1.807) is 37.4 Å². The van der Waals surface area contributed by atoms with Crippen molar-refractivity contribution >= 4 is 21.6 Å². The Morgan fingerprint density at radius 3 is 2.38 bits per heavy atom. The first-order chi connectivity index (χ1) is 13.9. The van der Waals surface area contributed by atoms with Gasteiger partial charge in [-0.3, -0.25) is 4.79 Å². The van der Waals surface area contributed by atoms with Crippen LogP contribution in [0.3, 0.4) is 0 Å². The molecule has 0 atom stereocenters. The molecule has 1 heterocycles. The van der Waals surface area contributed by atoms with Gasteiger partial charge in [0.05, 0.1) is 33.9 Å². The Kier molecular flexibility index (Phi) is 6.73.